The van der Waals surface area contributed by atoms with Crippen LogP contribution < -0.4 is 0 Å². The smallest absolute Gasteiger partial charge is 0.309 e. The predicted molar refractivity (Wildman–Crippen MR) is 86.0 cm³/mol. The van der Waals surface area contributed by atoms with Gasteiger partial charge in [0.2, 0.25) is 0 Å². The zero-order valence-electron chi connectivity index (χ0n) is 13.9. The summed E-state index contributed by atoms with van der Waals surface area (Å²) in [5, 5.41) is 10.4. The number of hydrogen-bond donors (Lipinski definition) is 1. The van der Waals surface area contributed by atoms with Gasteiger partial charge in [0.1, 0.15) is 0 Å². The molecule has 1 N–H and O–H groups in total. The van der Waals surface area contributed by atoms with Crippen molar-refractivity contribution in [1.29, 1.82) is 0 Å². The summed E-state index contributed by atoms with van der Waals surface area (Å²) in [6.45, 7) is 8.73. The molecule has 0 aromatic carbocycles. The molecule has 0 saturated heterocycles. The van der Waals surface area contributed by atoms with Crippen molar-refractivity contribution in [1.82, 2.24) is 0 Å². The van der Waals surface area contributed by atoms with Crippen LogP contribution in [0.3, 0.4) is 0 Å². The number of allylic oxidation sites excluding steroid dienone is 3. The average Bonchev–Trinajstić information content (AvgIpc) is 2.77. The van der Waals surface area contributed by atoms with E-state index in [0.717, 1.165) is 25.7 Å². The summed E-state index contributed by atoms with van der Waals surface area (Å²) in [6.07, 6.45) is 8.99. The zero-order chi connectivity index (χ0) is 15.9. The molecule has 1 rings (SSSR count). The molecule has 0 saturated carbocycles. The van der Waals surface area contributed by atoms with Crippen molar-refractivity contribution in [2.75, 3.05) is 6.61 Å². The Hall–Kier alpha value is -1.09. The van der Waals surface area contributed by atoms with Crippen molar-refractivity contribution in [3.05, 3.63) is 23.3 Å². The van der Waals surface area contributed by atoms with E-state index in [1.54, 1.807) is 6.92 Å². The van der Waals surface area contributed by atoms with E-state index in [-0.39, 0.29) is 12.4 Å². The first-order valence-electron chi connectivity index (χ1n) is 8.12. The molecule has 0 aromatic rings. The van der Waals surface area contributed by atoms with Crippen molar-refractivity contribution in [3.63, 3.8) is 0 Å². The molecule has 3 nitrogen and oxygen atoms in total. The maximum absolute atomic E-state index is 11.5. The highest BCUT2D eigenvalue weighted by molar-refractivity contribution is 5.71. The fourth-order valence-electron chi connectivity index (χ4n) is 2.74. The molecule has 0 radical (unpaired) electrons. The van der Waals surface area contributed by atoms with Crippen LogP contribution in [0.25, 0.3) is 0 Å². The van der Waals surface area contributed by atoms with Crippen LogP contribution >= 0.6 is 0 Å². The Kier molecular flexibility index (Phi) is 7.16. The molecule has 2 atom stereocenters. The minimum Gasteiger partial charge on any atom is -0.466 e. The third-order valence-electron chi connectivity index (χ3n) is 4.14. The molecule has 3 heteroatoms. The number of rotatable bonds is 8. The van der Waals surface area contributed by atoms with E-state index >= 15 is 0 Å². The fourth-order valence-corrected chi connectivity index (χ4v) is 2.74. The molecule has 0 heterocycles. The van der Waals surface area contributed by atoms with E-state index in [0.29, 0.717) is 18.9 Å². The van der Waals surface area contributed by atoms with E-state index in [4.69, 9.17) is 4.74 Å². The topological polar surface area (TPSA) is 46.5 Å². The van der Waals surface area contributed by atoms with Crippen LogP contribution in [0.1, 0.15) is 66.2 Å². The molecule has 0 fully saturated rings. The number of aliphatic hydroxyl groups is 1. The standard InChI is InChI=1S/C18H30O3/c1-5-14(3)7-8-15(4)11-16-9-10-18(20,12-16)13-17(19)21-6-2/h7,12,15,20H,5-6,8-11,13H2,1-4H3. The summed E-state index contributed by atoms with van der Waals surface area (Å²) < 4.78 is 4.93. The fraction of sp³-hybridized carbons (Fsp3) is 0.722. The van der Waals surface area contributed by atoms with Gasteiger partial charge in [-0.15, -0.1) is 0 Å². The molecule has 0 bridgehead atoms. The first-order valence-corrected chi connectivity index (χ1v) is 8.12. The first-order chi connectivity index (χ1) is 9.88. The average molecular weight is 294 g/mol. The number of esters is 1. The van der Waals surface area contributed by atoms with Crippen LogP contribution in [-0.2, 0) is 9.53 Å². The van der Waals surface area contributed by atoms with Crippen molar-refractivity contribution >= 4 is 5.97 Å². The first kappa shape index (κ1) is 18.0. The lowest BCUT2D eigenvalue weighted by molar-refractivity contribution is -0.147. The van der Waals surface area contributed by atoms with Gasteiger partial charge in [-0.2, -0.15) is 0 Å². The Bertz CT molecular complexity index is 409. The molecular weight excluding hydrogens is 264 g/mol. The highest BCUT2D eigenvalue weighted by atomic mass is 16.5. The summed E-state index contributed by atoms with van der Waals surface area (Å²) in [4.78, 5) is 11.5. The number of carbonyl (C=O) groups excluding carboxylic acids is 1. The minimum atomic E-state index is -0.990. The van der Waals surface area contributed by atoms with Crippen molar-refractivity contribution in [2.45, 2.75) is 71.8 Å². The van der Waals surface area contributed by atoms with E-state index < -0.39 is 5.60 Å². The lowest BCUT2D eigenvalue weighted by atomic mass is 9.96. The molecule has 0 aliphatic heterocycles. The number of ether oxygens (including phenoxy) is 1. The molecule has 1 aliphatic rings. The van der Waals surface area contributed by atoms with Gasteiger partial charge < -0.3 is 9.84 Å². The van der Waals surface area contributed by atoms with E-state index in [1.165, 1.54) is 11.1 Å². The van der Waals surface area contributed by atoms with Crippen LogP contribution in [0.15, 0.2) is 23.3 Å². The van der Waals surface area contributed by atoms with Crippen molar-refractivity contribution in [2.24, 2.45) is 5.92 Å². The second-order valence-corrected chi connectivity index (χ2v) is 6.34. The predicted octanol–water partition coefficient (Wildman–Crippen LogP) is 4.16. The van der Waals surface area contributed by atoms with Crippen LogP contribution in [-0.4, -0.2) is 23.3 Å². The Morgan fingerprint density at radius 2 is 2.24 bits per heavy atom. The summed E-state index contributed by atoms with van der Waals surface area (Å²) in [7, 11) is 0. The van der Waals surface area contributed by atoms with Gasteiger partial charge in [-0.1, -0.05) is 37.1 Å². The minimum absolute atomic E-state index is 0.0770. The van der Waals surface area contributed by atoms with E-state index in [1.807, 2.05) is 6.08 Å². The van der Waals surface area contributed by atoms with Gasteiger partial charge in [-0.3, -0.25) is 4.79 Å². The summed E-state index contributed by atoms with van der Waals surface area (Å²) in [5.74, 6) is 0.259. The second kappa shape index (κ2) is 8.38. The maximum Gasteiger partial charge on any atom is 0.309 e. The molecule has 2 unspecified atom stereocenters. The van der Waals surface area contributed by atoms with E-state index in [9.17, 15) is 9.90 Å². The monoisotopic (exact) mass is 294 g/mol. The Morgan fingerprint density at radius 1 is 1.52 bits per heavy atom. The Morgan fingerprint density at radius 3 is 2.86 bits per heavy atom. The largest absolute Gasteiger partial charge is 0.466 e. The van der Waals surface area contributed by atoms with Gasteiger partial charge in [0.25, 0.3) is 0 Å². The van der Waals surface area contributed by atoms with Gasteiger partial charge in [0, 0.05) is 0 Å². The molecule has 21 heavy (non-hydrogen) atoms. The summed E-state index contributed by atoms with van der Waals surface area (Å²) in [6, 6.07) is 0. The van der Waals surface area contributed by atoms with Crippen molar-refractivity contribution < 1.29 is 14.6 Å². The SMILES string of the molecule is CCOC(=O)CC1(O)C=C(CC(C)CC=C(C)CC)CC1. The Balaban J connectivity index is 2.50. The van der Waals surface area contributed by atoms with Gasteiger partial charge in [-0.25, -0.2) is 0 Å². The molecule has 0 spiro atoms. The lowest BCUT2D eigenvalue weighted by Gasteiger charge is -2.18. The molecule has 0 aromatic heterocycles. The number of carbonyl (C=O) groups is 1. The summed E-state index contributed by atoms with van der Waals surface area (Å²) in [5.41, 5.74) is 1.72. The van der Waals surface area contributed by atoms with Crippen LogP contribution in [0.5, 0.6) is 0 Å². The van der Waals surface area contributed by atoms with E-state index in [2.05, 4.69) is 26.8 Å². The molecular formula is C18H30O3. The van der Waals surface area contributed by atoms with Crippen LogP contribution in [0, 0.1) is 5.92 Å². The maximum atomic E-state index is 11.5. The third-order valence-corrected chi connectivity index (χ3v) is 4.14. The zero-order valence-corrected chi connectivity index (χ0v) is 13.9. The second-order valence-electron chi connectivity index (χ2n) is 6.34. The highest BCUT2D eigenvalue weighted by Gasteiger charge is 2.33. The molecule has 1 aliphatic carbocycles. The van der Waals surface area contributed by atoms with Crippen LogP contribution in [0.4, 0.5) is 0 Å². The third kappa shape index (κ3) is 6.47. The van der Waals surface area contributed by atoms with Crippen LogP contribution in [0.2, 0.25) is 0 Å². The van der Waals surface area contributed by atoms with Crippen molar-refractivity contribution in [3.8, 4) is 0 Å². The molecule has 0 amide bonds. The highest BCUT2D eigenvalue weighted by Crippen LogP contribution is 2.34. The van der Waals surface area contributed by atoms with Gasteiger partial charge in [-0.05, 0) is 51.9 Å². The van der Waals surface area contributed by atoms with Gasteiger partial charge >= 0.3 is 5.97 Å². The Labute approximate surface area is 129 Å². The summed E-state index contributed by atoms with van der Waals surface area (Å²) >= 11 is 0. The lowest BCUT2D eigenvalue weighted by Crippen LogP contribution is -2.27. The normalized spacial score (nSPS) is 23.9. The number of hydrogen-bond acceptors (Lipinski definition) is 3. The van der Waals surface area contributed by atoms with Gasteiger partial charge in [0.15, 0.2) is 0 Å². The quantitative estimate of drug-likeness (QED) is 0.540. The molecule has 120 valence electrons. The van der Waals surface area contributed by atoms with Gasteiger partial charge in [0.05, 0.1) is 18.6 Å².